The molecule has 17 heavy (non-hydrogen) atoms. The molecular weight excluding hydrogens is 220 g/mol. The number of carbonyl (C=O) groups is 1. The molecule has 0 bridgehead atoms. The molecule has 0 aliphatic rings. The molecule has 0 amide bonds. The van der Waals surface area contributed by atoms with Crippen LogP contribution in [0.5, 0.6) is 0 Å². The van der Waals surface area contributed by atoms with Crippen molar-refractivity contribution in [2.24, 2.45) is 0 Å². The standard InChI is InChI=1S/C13H24O4/c1-4-6-8-10-15-16-11-12(3)17-13(14)9-7-5-2/h3-11H2,1-2H3. The average molecular weight is 244 g/mol. The van der Waals surface area contributed by atoms with Crippen LogP contribution < -0.4 is 0 Å². The van der Waals surface area contributed by atoms with E-state index >= 15 is 0 Å². The highest BCUT2D eigenvalue weighted by Gasteiger charge is 2.05. The Balaban J connectivity index is 3.36. The molecule has 0 fully saturated rings. The predicted octanol–water partition coefficient (Wildman–Crippen LogP) is 3.37. The number of hydrogen-bond donors (Lipinski definition) is 0. The molecule has 0 saturated heterocycles. The van der Waals surface area contributed by atoms with Gasteiger partial charge in [-0.1, -0.05) is 39.7 Å². The van der Waals surface area contributed by atoms with Crippen molar-refractivity contribution in [3.05, 3.63) is 12.3 Å². The van der Waals surface area contributed by atoms with E-state index in [2.05, 4.69) is 13.5 Å². The van der Waals surface area contributed by atoms with E-state index in [0.29, 0.717) is 18.8 Å². The van der Waals surface area contributed by atoms with E-state index in [9.17, 15) is 4.79 Å². The van der Waals surface area contributed by atoms with Gasteiger partial charge in [0.25, 0.3) is 0 Å². The molecule has 0 rings (SSSR count). The summed E-state index contributed by atoms with van der Waals surface area (Å²) in [6.45, 7) is 8.40. The highest BCUT2D eigenvalue weighted by atomic mass is 17.2. The molecule has 0 aromatic carbocycles. The number of carbonyl (C=O) groups excluding carboxylic acids is 1. The van der Waals surface area contributed by atoms with E-state index in [1.165, 1.54) is 0 Å². The molecule has 0 unspecified atom stereocenters. The van der Waals surface area contributed by atoms with Crippen LogP contribution in [0.25, 0.3) is 0 Å². The van der Waals surface area contributed by atoms with Gasteiger partial charge in [-0.3, -0.25) is 4.79 Å². The Labute approximate surface area is 104 Å². The van der Waals surface area contributed by atoms with Crippen molar-refractivity contribution in [1.29, 1.82) is 0 Å². The Kier molecular flexibility index (Phi) is 11.0. The molecule has 0 aromatic rings. The summed E-state index contributed by atoms with van der Waals surface area (Å²) >= 11 is 0. The summed E-state index contributed by atoms with van der Waals surface area (Å²) in [7, 11) is 0. The largest absolute Gasteiger partial charge is 0.429 e. The fourth-order valence-electron chi connectivity index (χ4n) is 1.14. The first-order chi connectivity index (χ1) is 8.20. The first-order valence-corrected chi connectivity index (χ1v) is 6.33. The van der Waals surface area contributed by atoms with Gasteiger partial charge in [-0.2, -0.15) is 0 Å². The molecule has 0 aromatic heterocycles. The summed E-state index contributed by atoms with van der Waals surface area (Å²) in [5.74, 6) is 0.0352. The fourth-order valence-corrected chi connectivity index (χ4v) is 1.14. The van der Waals surface area contributed by atoms with Gasteiger partial charge < -0.3 is 4.74 Å². The molecule has 0 aliphatic carbocycles. The molecule has 0 atom stereocenters. The zero-order valence-electron chi connectivity index (χ0n) is 11.0. The lowest BCUT2D eigenvalue weighted by Crippen LogP contribution is -2.08. The summed E-state index contributed by atoms with van der Waals surface area (Å²) in [5.41, 5.74) is 0. The van der Waals surface area contributed by atoms with Gasteiger partial charge in [-0.15, -0.1) is 0 Å². The SMILES string of the molecule is C=C(COOCCCCC)OC(=O)CCCC. The molecule has 0 saturated carbocycles. The molecule has 0 N–H and O–H groups in total. The molecule has 4 nitrogen and oxygen atoms in total. The first-order valence-electron chi connectivity index (χ1n) is 6.33. The van der Waals surface area contributed by atoms with Gasteiger partial charge in [-0.05, 0) is 12.8 Å². The third-order valence-electron chi connectivity index (χ3n) is 2.13. The van der Waals surface area contributed by atoms with E-state index in [1.54, 1.807) is 0 Å². The van der Waals surface area contributed by atoms with Crippen LogP contribution in [-0.4, -0.2) is 19.2 Å². The van der Waals surface area contributed by atoms with Gasteiger partial charge in [0.15, 0.2) is 0 Å². The van der Waals surface area contributed by atoms with Gasteiger partial charge in [0, 0.05) is 6.42 Å². The molecular formula is C13H24O4. The molecule has 0 aliphatic heterocycles. The van der Waals surface area contributed by atoms with Crippen molar-refractivity contribution in [1.82, 2.24) is 0 Å². The highest BCUT2D eigenvalue weighted by Crippen LogP contribution is 2.02. The summed E-state index contributed by atoms with van der Waals surface area (Å²) < 4.78 is 4.94. The highest BCUT2D eigenvalue weighted by molar-refractivity contribution is 5.70. The van der Waals surface area contributed by atoms with Crippen molar-refractivity contribution < 1.29 is 19.3 Å². The van der Waals surface area contributed by atoms with Crippen LogP contribution in [-0.2, 0) is 19.3 Å². The van der Waals surface area contributed by atoms with Gasteiger partial charge in [0.2, 0.25) is 0 Å². The van der Waals surface area contributed by atoms with Crippen LogP contribution in [0.15, 0.2) is 12.3 Å². The van der Waals surface area contributed by atoms with Crippen molar-refractivity contribution in [2.45, 2.75) is 52.4 Å². The lowest BCUT2D eigenvalue weighted by Gasteiger charge is -2.07. The minimum absolute atomic E-state index is 0.101. The monoisotopic (exact) mass is 244 g/mol. The maximum Gasteiger partial charge on any atom is 0.310 e. The summed E-state index contributed by atoms with van der Waals surface area (Å²) in [5, 5.41) is 0. The number of hydrogen-bond acceptors (Lipinski definition) is 4. The Hall–Kier alpha value is -0.870. The van der Waals surface area contributed by atoms with Crippen LogP contribution in [0.1, 0.15) is 52.4 Å². The summed E-state index contributed by atoms with van der Waals surface area (Å²) in [6, 6.07) is 0. The third kappa shape index (κ3) is 11.4. The fraction of sp³-hybridized carbons (Fsp3) is 0.769. The number of rotatable bonds is 11. The zero-order valence-corrected chi connectivity index (χ0v) is 11.0. The van der Waals surface area contributed by atoms with Crippen molar-refractivity contribution in [2.75, 3.05) is 13.2 Å². The van der Waals surface area contributed by atoms with Gasteiger partial charge in [0.1, 0.15) is 12.4 Å². The maximum atomic E-state index is 11.2. The number of ether oxygens (including phenoxy) is 1. The van der Waals surface area contributed by atoms with Crippen molar-refractivity contribution >= 4 is 5.97 Å². The molecule has 0 heterocycles. The van der Waals surface area contributed by atoms with Gasteiger partial charge in [0.05, 0.1) is 6.61 Å². The van der Waals surface area contributed by atoms with E-state index in [4.69, 9.17) is 14.5 Å². The minimum Gasteiger partial charge on any atom is -0.429 e. The third-order valence-corrected chi connectivity index (χ3v) is 2.13. The normalized spacial score (nSPS) is 10.2. The van der Waals surface area contributed by atoms with Crippen molar-refractivity contribution in [3.63, 3.8) is 0 Å². The van der Waals surface area contributed by atoms with Crippen LogP contribution >= 0.6 is 0 Å². The summed E-state index contributed by atoms with van der Waals surface area (Å²) in [6.07, 6.45) is 5.46. The smallest absolute Gasteiger partial charge is 0.310 e. The Morgan fingerprint density at radius 2 is 1.76 bits per heavy atom. The second kappa shape index (κ2) is 11.6. The maximum absolute atomic E-state index is 11.2. The van der Waals surface area contributed by atoms with E-state index in [0.717, 1.165) is 32.1 Å². The number of unbranched alkanes of at least 4 members (excludes halogenated alkanes) is 3. The average Bonchev–Trinajstić information content (AvgIpc) is 2.31. The predicted molar refractivity (Wildman–Crippen MR) is 66.2 cm³/mol. The van der Waals surface area contributed by atoms with E-state index in [1.807, 2.05) is 6.92 Å². The van der Waals surface area contributed by atoms with E-state index < -0.39 is 0 Å². The number of esters is 1. The van der Waals surface area contributed by atoms with Crippen LogP contribution in [0.2, 0.25) is 0 Å². The second-order valence-corrected chi connectivity index (χ2v) is 3.91. The Bertz CT molecular complexity index is 213. The van der Waals surface area contributed by atoms with Crippen LogP contribution in [0.4, 0.5) is 0 Å². The summed E-state index contributed by atoms with van der Waals surface area (Å²) in [4.78, 5) is 21.0. The van der Waals surface area contributed by atoms with Gasteiger partial charge in [-0.25, -0.2) is 9.78 Å². The van der Waals surface area contributed by atoms with Crippen molar-refractivity contribution in [3.8, 4) is 0 Å². The first kappa shape index (κ1) is 16.1. The quantitative estimate of drug-likeness (QED) is 0.184. The minimum atomic E-state index is -0.258. The lowest BCUT2D eigenvalue weighted by atomic mass is 10.2. The van der Waals surface area contributed by atoms with Crippen LogP contribution in [0.3, 0.4) is 0 Å². The molecule has 0 radical (unpaired) electrons. The molecule has 0 spiro atoms. The van der Waals surface area contributed by atoms with Crippen LogP contribution in [0, 0.1) is 0 Å². The lowest BCUT2D eigenvalue weighted by molar-refractivity contribution is -0.292. The topological polar surface area (TPSA) is 44.8 Å². The molecule has 100 valence electrons. The van der Waals surface area contributed by atoms with Gasteiger partial charge >= 0.3 is 5.97 Å². The zero-order chi connectivity index (χ0) is 12.9. The Morgan fingerprint density at radius 1 is 1.06 bits per heavy atom. The Morgan fingerprint density at radius 3 is 2.41 bits per heavy atom. The molecule has 4 heteroatoms. The second-order valence-electron chi connectivity index (χ2n) is 3.91. The van der Waals surface area contributed by atoms with E-state index in [-0.39, 0.29) is 12.6 Å².